The normalized spacial score (nSPS) is 10.6. The van der Waals surface area contributed by atoms with Gasteiger partial charge >= 0.3 is 5.97 Å². The zero-order valence-corrected chi connectivity index (χ0v) is 13.5. The van der Waals surface area contributed by atoms with E-state index in [1.165, 1.54) is 6.08 Å². The van der Waals surface area contributed by atoms with Crippen molar-refractivity contribution in [3.8, 4) is 11.5 Å². The minimum Gasteiger partial charge on any atom is -0.493 e. The summed E-state index contributed by atoms with van der Waals surface area (Å²) in [5, 5.41) is 8.76. The van der Waals surface area contributed by atoms with Gasteiger partial charge in [-0.3, -0.25) is 0 Å². The summed E-state index contributed by atoms with van der Waals surface area (Å²) in [4.78, 5) is 10.7. The molecule has 0 aliphatic heterocycles. The minimum absolute atomic E-state index is 0.363. The van der Waals surface area contributed by atoms with E-state index in [1.54, 1.807) is 25.3 Å². The molecular formula is C17H15BrO4. The molecule has 2 rings (SSSR count). The number of rotatable bonds is 6. The molecule has 0 heterocycles. The Morgan fingerprint density at radius 2 is 1.95 bits per heavy atom. The second kappa shape index (κ2) is 7.66. The third-order valence-corrected chi connectivity index (χ3v) is 3.46. The molecular weight excluding hydrogens is 348 g/mol. The molecule has 5 heteroatoms. The molecule has 0 saturated carbocycles. The van der Waals surface area contributed by atoms with Crippen molar-refractivity contribution in [2.45, 2.75) is 6.61 Å². The summed E-state index contributed by atoms with van der Waals surface area (Å²) < 4.78 is 12.1. The lowest BCUT2D eigenvalue weighted by Gasteiger charge is -2.13. The van der Waals surface area contributed by atoms with Crippen LogP contribution in [0.4, 0.5) is 0 Å². The van der Waals surface area contributed by atoms with Crippen LogP contribution in [-0.2, 0) is 11.4 Å². The maximum atomic E-state index is 10.7. The Labute approximate surface area is 137 Å². The van der Waals surface area contributed by atoms with Crippen molar-refractivity contribution < 1.29 is 19.4 Å². The highest BCUT2D eigenvalue weighted by atomic mass is 79.9. The maximum Gasteiger partial charge on any atom is 0.328 e. The minimum atomic E-state index is -1.01. The third-order valence-electron chi connectivity index (χ3n) is 2.93. The van der Waals surface area contributed by atoms with Crippen LogP contribution in [0.1, 0.15) is 11.1 Å². The van der Waals surface area contributed by atoms with Gasteiger partial charge in [-0.2, -0.15) is 0 Å². The van der Waals surface area contributed by atoms with Crippen LogP contribution in [0.5, 0.6) is 11.5 Å². The first-order chi connectivity index (χ1) is 10.6. The molecule has 2 aromatic rings. The number of carboxylic acids is 1. The molecule has 22 heavy (non-hydrogen) atoms. The second-order valence-electron chi connectivity index (χ2n) is 4.47. The number of aliphatic carboxylic acids is 1. The average Bonchev–Trinajstić information content (AvgIpc) is 2.52. The third kappa shape index (κ3) is 4.36. The average molecular weight is 363 g/mol. The molecule has 114 valence electrons. The topological polar surface area (TPSA) is 55.8 Å². The molecule has 0 saturated heterocycles. The van der Waals surface area contributed by atoms with E-state index in [4.69, 9.17) is 14.6 Å². The van der Waals surface area contributed by atoms with Crippen LogP contribution >= 0.6 is 15.9 Å². The molecule has 4 nitrogen and oxygen atoms in total. The van der Waals surface area contributed by atoms with E-state index in [0.29, 0.717) is 23.7 Å². The molecule has 0 bridgehead atoms. The fourth-order valence-electron chi connectivity index (χ4n) is 1.88. The van der Waals surface area contributed by atoms with Crippen molar-refractivity contribution in [3.05, 3.63) is 64.1 Å². The molecule has 0 atom stereocenters. The molecule has 0 aliphatic rings. The van der Waals surface area contributed by atoms with Crippen LogP contribution in [0.25, 0.3) is 6.08 Å². The van der Waals surface area contributed by atoms with Gasteiger partial charge in [-0.1, -0.05) is 40.2 Å². The molecule has 2 aromatic carbocycles. The molecule has 0 aliphatic carbocycles. The van der Waals surface area contributed by atoms with Gasteiger partial charge in [0.15, 0.2) is 11.5 Å². The predicted molar refractivity (Wildman–Crippen MR) is 88.1 cm³/mol. The summed E-state index contributed by atoms with van der Waals surface area (Å²) in [5.74, 6) is 0.0664. The van der Waals surface area contributed by atoms with Crippen molar-refractivity contribution in [3.63, 3.8) is 0 Å². The zero-order chi connectivity index (χ0) is 15.9. The molecule has 1 N–H and O–H groups in total. The van der Waals surface area contributed by atoms with Gasteiger partial charge in [-0.25, -0.2) is 4.79 Å². The zero-order valence-electron chi connectivity index (χ0n) is 12.0. The highest BCUT2D eigenvalue weighted by molar-refractivity contribution is 9.10. The summed E-state index contributed by atoms with van der Waals surface area (Å²) >= 11 is 3.38. The van der Waals surface area contributed by atoms with Gasteiger partial charge in [0, 0.05) is 16.1 Å². The lowest BCUT2D eigenvalue weighted by atomic mass is 10.1. The number of para-hydroxylation sites is 1. The summed E-state index contributed by atoms with van der Waals surface area (Å²) in [7, 11) is 1.55. The van der Waals surface area contributed by atoms with Crippen LogP contribution in [-0.4, -0.2) is 18.2 Å². The SMILES string of the molecule is COc1cccc(/C=C/C(=O)O)c1OCc1ccc(Br)cc1. The van der Waals surface area contributed by atoms with Gasteiger partial charge in [-0.05, 0) is 29.8 Å². The van der Waals surface area contributed by atoms with E-state index in [0.717, 1.165) is 16.1 Å². The van der Waals surface area contributed by atoms with Crippen molar-refractivity contribution in [2.75, 3.05) is 7.11 Å². The second-order valence-corrected chi connectivity index (χ2v) is 5.38. The Bertz CT molecular complexity index is 678. The Kier molecular flexibility index (Phi) is 5.61. The largest absolute Gasteiger partial charge is 0.493 e. The van der Waals surface area contributed by atoms with Crippen molar-refractivity contribution in [1.29, 1.82) is 0 Å². The lowest BCUT2D eigenvalue weighted by Crippen LogP contribution is -1.99. The Hall–Kier alpha value is -2.27. The van der Waals surface area contributed by atoms with E-state index in [2.05, 4.69) is 15.9 Å². The Morgan fingerprint density at radius 3 is 2.59 bits per heavy atom. The number of hydrogen-bond donors (Lipinski definition) is 1. The summed E-state index contributed by atoms with van der Waals surface area (Å²) in [6.45, 7) is 0.363. The molecule has 0 unspecified atom stereocenters. The first-order valence-electron chi connectivity index (χ1n) is 6.55. The number of halogens is 1. The van der Waals surface area contributed by atoms with Crippen LogP contribution < -0.4 is 9.47 Å². The first kappa shape index (κ1) is 16.1. The summed E-state index contributed by atoms with van der Waals surface area (Å²) in [6, 6.07) is 13.1. The Balaban J connectivity index is 2.23. The lowest BCUT2D eigenvalue weighted by molar-refractivity contribution is -0.131. The number of hydrogen-bond acceptors (Lipinski definition) is 3. The number of benzene rings is 2. The first-order valence-corrected chi connectivity index (χ1v) is 7.34. The van der Waals surface area contributed by atoms with Crippen molar-refractivity contribution >= 4 is 28.0 Å². The smallest absolute Gasteiger partial charge is 0.328 e. The molecule has 0 fully saturated rings. The molecule has 0 radical (unpaired) electrons. The van der Waals surface area contributed by atoms with Crippen molar-refractivity contribution in [2.24, 2.45) is 0 Å². The van der Waals surface area contributed by atoms with E-state index < -0.39 is 5.97 Å². The standard InChI is InChI=1S/C17H15BrO4/c1-21-15-4-2-3-13(7-10-16(19)20)17(15)22-11-12-5-8-14(18)9-6-12/h2-10H,11H2,1H3,(H,19,20)/b10-7+. The van der Waals surface area contributed by atoms with Crippen molar-refractivity contribution in [1.82, 2.24) is 0 Å². The van der Waals surface area contributed by atoms with E-state index in [-0.39, 0.29) is 0 Å². The van der Waals surface area contributed by atoms with Crippen LogP contribution in [0.3, 0.4) is 0 Å². The van der Waals surface area contributed by atoms with Crippen LogP contribution in [0, 0.1) is 0 Å². The van der Waals surface area contributed by atoms with E-state index in [9.17, 15) is 4.79 Å². The van der Waals surface area contributed by atoms with Gasteiger partial charge in [0.2, 0.25) is 0 Å². The number of carbonyl (C=O) groups is 1. The fraction of sp³-hybridized carbons (Fsp3) is 0.118. The summed E-state index contributed by atoms with van der Waals surface area (Å²) in [6.07, 6.45) is 2.56. The van der Waals surface area contributed by atoms with Crippen LogP contribution in [0.15, 0.2) is 53.0 Å². The van der Waals surface area contributed by atoms with Gasteiger partial charge in [0.1, 0.15) is 6.61 Å². The predicted octanol–water partition coefficient (Wildman–Crippen LogP) is 4.13. The maximum absolute atomic E-state index is 10.7. The van der Waals surface area contributed by atoms with Crippen LogP contribution in [0.2, 0.25) is 0 Å². The van der Waals surface area contributed by atoms with Gasteiger partial charge < -0.3 is 14.6 Å². The van der Waals surface area contributed by atoms with E-state index in [1.807, 2.05) is 24.3 Å². The fourth-order valence-corrected chi connectivity index (χ4v) is 2.14. The quantitative estimate of drug-likeness (QED) is 0.784. The number of ether oxygens (including phenoxy) is 2. The molecule has 0 spiro atoms. The van der Waals surface area contributed by atoms with Gasteiger partial charge in [0.25, 0.3) is 0 Å². The van der Waals surface area contributed by atoms with E-state index >= 15 is 0 Å². The highest BCUT2D eigenvalue weighted by Gasteiger charge is 2.09. The van der Waals surface area contributed by atoms with Gasteiger partial charge in [-0.15, -0.1) is 0 Å². The molecule has 0 amide bonds. The highest BCUT2D eigenvalue weighted by Crippen LogP contribution is 2.32. The number of carboxylic acid groups (broad SMARTS) is 1. The van der Waals surface area contributed by atoms with Gasteiger partial charge in [0.05, 0.1) is 7.11 Å². The summed E-state index contributed by atoms with van der Waals surface area (Å²) in [5.41, 5.74) is 1.65. The monoisotopic (exact) mass is 362 g/mol. The Morgan fingerprint density at radius 1 is 1.23 bits per heavy atom. The molecule has 0 aromatic heterocycles. The number of methoxy groups -OCH3 is 1.